The van der Waals surface area contributed by atoms with Crippen LogP contribution in [-0.2, 0) is 0 Å². The molecule has 0 saturated carbocycles. The summed E-state index contributed by atoms with van der Waals surface area (Å²) in [4.78, 5) is 42.4. The number of carbonyl (C=O) groups is 2. The number of fused-ring (bicyclic) bond motifs is 1. The number of nitrogens with zero attached hydrogens (tertiary/aromatic N) is 4. The van der Waals surface area contributed by atoms with Crippen LogP contribution in [0, 0.1) is 10.1 Å². The number of nitro groups is 1. The number of amides is 2. The topological polar surface area (TPSA) is 117 Å². The van der Waals surface area contributed by atoms with Crippen LogP contribution in [0.1, 0.15) is 20.7 Å². The van der Waals surface area contributed by atoms with Crippen molar-refractivity contribution in [3.05, 3.63) is 57.6 Å². The van der Waals surface area contributed by atoms with Crippen LogP contribution in [0.3, 0.4) is 0 Å². The van der Waals surface area contributed by atoms with E-state index < -0.39 is 4.92 Å². The van der Waals surface area contributed by atoms with Gasteiger partial charge in [-0.15, -0.1) is 0 Å². The first-order valence-corrected chi connectivity index (χ1v) is 11.2. The maximum Gasteiger partial charge on any atom is 0.293 e. The van der Waals surface area contributed by atoms with Crippen LogP contribution in [0.4, 0.5) is 11.4 Å². The lowest BCUT2D eigenvalue weighted by atomic mass is 10.1. The summed E-state index contributed by atoms with van der Waals surface area (Å²) in [6, 6.07) is 9.76. The molecule has 0 unspecified atom stereocenters. The number of benzene rings is 2. The van der Waals surface area contributed by atoms with Crippen LogP contribution in [-0.4, -0.2) is 85.7 Å². The predicted octanol–water partition coefficient (Wildman–Crippen LogP) is 1.33. The highest BCUT2D eigenvalue weighted by atomic mass is 16.7. The summed E-state index contributed by atoms with van der Waals surface area (Å²) in [5.41, 5.74) is 1.18. The van der Waals surface area contributed by atoms with Crippen LogP contribution in [0.25, 0.3) is 0 Å². The molecule has 178 valence electrons. The summed E-state index contributed by atoms with van der Waals surface area (Å²) >= 11 is 0. The van der Waals surface area contributed by atoms with Crippen molar-refractivity contribution in [1.82, 2.24) is 15.1 Å². The minimum atomic E-state index is -0.450. The number of piperazine rings is 2. The van der Waals surface area contributed by atoms with Gasteiger partial charge in [-0.25, -0.2) is 0 Å². The second kappa shape index (κ2) is 9.18. The molecule has 0 aliphatic carbocycles. The molecule has 2 fully saturated rings. The van der Waals surface area contributed by atoms with E-state index in [1.165, 1.54) is 6.07 Å². The van der Waals surface area contributed by atoms with Gasteiger partial charge in [0.25, 0.3) is 17.5 Å². The minimum Gasteiger partial charge on any atom is -0.454 e. The Morgan fingerprint density at radius 2 is 1.44 bits per heavy atom. The van der Waals surface area contributed by atoms with Gasteiger partial charge < -0.3 is 29.5 Å². The van der Waals surface area contributed by atoms with Gasteiger partial charge in [-0.1, -0.05) is 0 Å². The molecule has 11 heteroatoms. The summed E-state index contributed by atoms with van der Waals surface area (Å²) in [5.74, 6) is 0.850. The number of nitrogens with one attached hydrogen (secondary N) is 1. The number of rotatable bonds is 4. The molecule has 3 aliphatic heterocycles. The Bertz CT molecular complexity index is 1120. The normalized spacial score (nSPS) is 17.6. The fraction of sp³-hybridized carbons (Fsp3) is 0.391. The summed E-state index contributed by atoms with van der Waals surface area (Å²) in [7, 11) is 0. The van der Waals surface area contributed by atoms with Gasteiger partial charge in [0.15, 0.2) is 11.5 Å². The number of hydrogen-bond donors (Lipinski definition) is 1. The summed E-state index contributed by atoms with van der Waals surface area (Å²) in [5, 5.41) is 15.0. The fourth-order valence-electron chi connectivity index (χ4n) is 4.48. The van der Waals surface area contributed by atoms with Crippen molar-refractivity contribution >= 4 is 23.2 Å². The molecule has 1 N–H and O–H groups in total. The first-order valence-electron chi connectivity index (χ1n) is 11.2. The Balaban J connectivity index is 1.28. The lowest BCUT2D eigenvalue weighted by Gasteiger charge is -2.36. The lowest BCUT2D eigenvalue weighted by Crippen LogP contribution is -2.49. The van der Waals surface area contributed by atoms with Crippen molar-refractivity contribution in [2.75, 3.05) is 64.1 Å². The lowest BCUT2D eigenvalue weighted by molar-refractivity contribution is -0.384. The fourth-order valence-corrected chi connectivity index (χ4v) is 4.48. The molecule has 2 aromatic rings. The monoisotopic (exact) mass is 467 g/mol. The third-order valence-corrected chi connectivity index (χ3v) is 6.35. The molecule has 2 aromatic carbocycles. The molecule has 0 aromatic heterocycles. The molecular weight excluding hydrogens is 442 g/mol. The molecule has 3 aliphatic rings. The molecule has 11 nitrogen and oxygen atoms in total. The highest BCUT2D eigenvalue weighted by Crippen LogP contribution is 2.34. The van der Waals surface area contributed by atoms with Crippen molar-refractivity contribution in [3.63, 3.8) is 0 Å². The summed E-state index contributed by atoms with van der Waals surface area (Å²) in [6.45, 7) is 4.45. The molecule has 0 radical (unpaired) electrons. The van der Waals surface area contributed by atoms with E-state index >= 15 is 0 Å². The average molecular weight is 467 g/mol. The summed E-state index contributed by atoms with van der Waals surface area (Å²) in [6.07, 6.45) is 0. The van der Waals surface area contributed by atoms with E-state index in [2.05, 4.69) is 5.32 Å². The van der Waals surface area contributed by atoms with Crippen molar-refractivity contribution in [3.8, 4) is 11.5 Å². The molecule has 2 amide bonds. The van der Waals surface area contributed by atoms with Crippen LogP contribution >= 0.6 is 0 Å². The van der Waals surface area contributed by atoms with Gasteiger partial charge in [-0.2, -0.15) is 0 Å². The van der Waals surface area contributed by atoms with Gasteiger partial charge in [-0.3, -0.25) is 19.7 Å². The molecule has 2 saturated heterocycles. The number of anilines is 1. The van der Waals surface area contributed by atoms with E-state index in [1.54, 1.807) is 40.1 Å². The van der Waals surface area contributed by atoms with E-state index in [0.717, 1.165) is 0 Å². The number of ether oxygens (including phenoxy) is 2. The maximum atomic E-state index is 12.9. The van der Waals surface area contributed by atoms with Crippen molar-refractivity contribution < 1.29 is 24.0 Å². The van der Waals surface area contributed by atoms with Gasteiger partial charge >= 0.3 is 0 Å². The van der Waals surface area contributed by atoms with Gasteiger partial charge in [0.1, 0.15) is 5.69 Å². The van der Waals surface area contributed by atoms with Gasteiger partial charge in [0.2, 0.25) is 6.79 Å². The zero-order valence-corrected chi connectivity index (χ0v) is 18.6. The maximum absolute atomic E-state index is 12.9. The van der Waals surface area contributed by atoms with Crippen molar-refractivity contribution in [2.45, 2.75) is 0 Å². The van der Waals surface area contributed by atoms with Crippen LogP contribution < -0.4 is 19.7 Å². The molecule has 3 heterocycles. The Morgan fingerprint density at radius 1 is 0.824 bits per heavy atom. The van der Waals surface area contributed by atoms with Crippen LogP contribution in [0.2, 0.25) is 0 Å². The van der Waals surface area contributed by atoms with E-state index in [-0.39, 0.29) is 24.3 Å². The third kappa shape index (κ3) is 4.21. The minimum absolute atomic E-state index is 0.100. The smallest absolute Gasteiger partial charge is 0.293 e. The molecule has 0 atom stereocenters. The van der Waals surface area contributed by atoms with Crippen molar-refractivity contribution in [2.24, 2.45) is 0 Å². The molecule has 5 rings (SSSR count). The Labute approximate surface area is 196 Å². The third-order valence-electron chi connectivity index (χ3n) is 6.35. The van der Waals surface area contributed by atoms with Gasteiger partial charge in [-0.05, 0) is 30.3 Å². The van der Waals surface area contributed by atoms with Crippen LogP contribution in [0.5, 0.6) is 11.5 Å². The SMILES string of the molecule is O=C(c1ccc(N2CCN(C(=O)c3ccc4c(c3)OCO4)CC2)c([N+](=O)[O-])c1)N1CCNCC1. The second-order valence-electron chi connectivity index (χ2n) is 8.35. The first-order chi connectivity index (χ1) is 16.5. The average Bonchev–Trinajstić information content (AvgIpc) is 3.36. The van der Waals surface area contributed by atoms with Gasteiger partial charge in [0.05, 0.1) is 4.92 Å². The molecule has 0 spiro atoms. The standard InChI is InChI=1S/C23H25N5O6/c29-22(26-7-5-24-6-8-26)16-1-3-18(19(13-16)28(31)32)25-9-11-27(12-10-25)23(30)17-2-4-20-21(14-17)34-15-33-20/h1-4,13-14,24H,5-12,15H2. The second-order valence-corrected chi connectivity index (χ2v) is 8.35. The van der Waals surface area contributed by atoms with E-state index in [0.29, 0.717) is 80.7 Å². The molecule has 0 bridgehead atoms. The largest absolute Gasteiger partial charge is 0.454 e. The molecular formula is C23H25N5O6. The number of nitro benzene ring substituents is 1. The zero-order valence-electron chi connectivity index (χ0n) is 18.6. The Morgan fingerprint density at radius 3 is 2.15 bits per heavy atom. The summed E-state index contributed by atoms with van der Waals surface area (Å²) < 4.78 is 10.7. The predicted molar refractivity (Wildman–Crippen MR) is 123 cm³/mol. The van der Waals surface area contributed by atoms with E-state index in [1.807, 2.05) is 4.90 Å². The van der Waals surface area contributed by atoms with Crippen molar-refractivity contribution in [1.29, 1.82) is 0 Å². The zero-order chi connectivity index (χ0) is 23.7. The quantitative estimate of drug-likeness (QED) is 0.529. The first kappa shape index (κ1) is 22.0. The number of hydrogen-bond acceptors (Lipinski definition) is 8. The highest BCUT2D eigenvalue weighted by molar-refractivity contribution is 5.96. The molecule has 34 heavy (non-hydrogen) atoms. The van der Waals surface area contributed by atoms with E-state index in [4.69, 9.17) is 9.47 Å². The van der Waals surface area contributed by atoms with Gasteiger partial charge in [0, 0.05) is 69.6 Å². The van der Waals surface area contributed by atoms with E-state index in [9.17, 15) is 19.7 Å². The number of carbonyl (C=O) groups excluding carboxylic acids is 2. The Kier molecular flexibility index (Phi) is 5.93. The highest BCUT2D eigenvalue weighted by Gasteiger charge is 2.29. The van der Waals surface area contributed by atoms with Crippen LogP contribution in [0.15, 0.2) is 36.4 Å². The Hall–Kier alpha value is -3.86.